The van der Waals surface area contributed by atoms with Crippen LogP contribution in [0.15, 0.2) is 46.1 Å². The molecule has 0 spiro atoms. The maximum atomic E-state index is 13.5. The molecule has 140 valence electrons. The Morgan fingerprint density at radius 1 is 1.27 bits per heavy atom. The van der Waals surface area contributed by atoms with Crippen LogP contribution in [0, 0.1) is 11.7 Å². The van der Waals surface area contributed by atoms with Gasteiger partial charge in [-0.3, -0.25) is 14.3 Å². The minimum Gasteiger partial charge on any atom is -0.390 e. The Balaban J connectivity index is 1.71. The summed E-state index contributed by atoms with van der Waals surface area (Å²) in [5, 5.41) is 23.9. The number of aromatic nitrogens is 2. The van der Waals surface area contributed by atoms with Gasteiger partial charge in [0.25, 0.3) is 5.56 Å². The molecule has 0 unspecified atom stereocenters. The van der Waals surface area contributed by atoms with Crippen LogP contribution in [0.3, 0.4) is 0 Å². The third-order valence-electron chi connectivity index (χ3n) is 5.04. The van der Waals surface area contributed by atoms with Gasteiger partial charge in [0.1, 0.15) is 6.10 Å². The molecular weight excluding hydrogens is 341 g/mol. The predicted molar refractivity (Wildman–Crippen MR) is 93.3 cm³/mol. The molecule has 0 radical (unpaired) electrons. The van der Waals surface area contributed by atoms with Crippen LogP contribution in [0.1, 0.15) is 31.0 Å². The molecule has 2 aromatic rings. The van der Waals surface area contributed by atoms with E-state index in [1.807, 2.05) is 42.2 Å². The largest absolute Gasteiger partial charge is 0.390 e. The second-order valence-corrected chi connectivity index (χ2v) is 6.73. The van der Waals surface area contributed by atoms with Crippen LogP contribution in [0.4, 0.5) is 4.39 Å². The van der Waals surface area contributed by atoms with Crippen LogP contribution in [0.2, 0.25) is 0 Å². The van der Waals surface area contributed by atoms with Gasteiger partial charge in [0, 0.05) is 18.5 Å². The Morgan fingerprint density at radius 2 is 1.96 bits per heavy atom. The summed E-state index contributed by atoms with van der Waals surface area (Å²) in [7, 11) is 0. The summed E-state index contributed by atoms with van der Waals surface area (Å²) in [5.74, 6) is -1.42. The minimum absolute atomic E-state index is 0.0489. The molecule has 0 aliphatic heterocycles. The van der Waals surface area contributed by atoms with E-state index in [1.165, 1.54) is 0 Å². The molecule has 0 saturated heterocycles. The van der Waals surface area contributed by atoms with Crippen molar-refractivity contribution in [1.29, 1.82) is 0 Å². The summed E-state index contributed by atoms with van der Waals surface area (Å²) in [5.41, 5.74) is -0.816. The van der Waals surface area contributed by atoms with Crippen LogP contribution in [0.25, 0.3) is 0 Å². The standard InChI is InChI=1S/C18H22FN3O4/c1-10(11-5-3-2-4-6-11)20-8-12-7-14(16(24)15(12)23)22-9-13(19)17(25)21-18(22)26/h2-6,9-10,12,14-16,20,23-24H,7-8H2,1H3,(H,21,25,26)/t10-,12+,14+,15+,16-/m0/s1. The van der Waals surface area contributed by atoms with Crippen molar-refractivity contribution >= 4 is 0 Å². The number of hydrogen-bond donors (Lipinski definition) is 4. The minimum atomic E-state index is -1.23. The molecule has 7 nitrogen and oxygen atoms in total. The predicted octanol–water partition coefficient (Wildman–Crippen LogP) is 0.309. The summed E-state index contributed by atoms with van der Waals surface area (Å²) in [6.07, 6.45) is -1.22. The van der Waals surface area contributed by atoms with Gasteiger partial charge in [-0.15, -0.1) is 0 Å². The zero-order valence-electron chi connectivity index (χ0n) is 14.3. The monoisotopic (exact) mass is 363 g/mol. The highest BCUT2D eigenvalue weighted by atomic mass is 19.1. The van der Waals surface area contributed by atoms with E-state index < -0.39 is 35.3 Å². The van der Waals surface area contributed by atoms with Crippen molar-refractivity contribution in [3.63, 3.8) is 0 Å². The van der Waals surface area contributed by atoms with Crippen molar-refractivity contribution in [2.24, 2.45) is 5.92 Å². The Labute approximate surface area is 149 Å². The third-order valence-corrected chi connectivity index (χ3v) is 5.04. The molecule has 1 saturated carbocycles. The maximum absolute atomic E-state index is 13.5. The van der Waals surface area contributed by atoms with Crippen molar-refractivity contribution < 1.29 is 14.6 Å². The van der Waals surface area contributed by atoms with E-state index >= 15 is 0 Å². The number of nitrogens with one attached hydrogen (secondary N) is 2. The lowest BCUT2D eigenvalue weighted by molar-refractivity contribution is 0.00527. The Morgan fingerprint density at radius 3 is 2.65 bits per heavy atom. The Hall–Kier alpha value is -2.29. The number of aliphatic hydroxyl groups excluding tert-OH is 2. The van der Waals surface area contributed by atoms with Gasteiger partial charge in [0.05, 0.1) is 18.3 Å². The summed E-state index contributed by atoms with van der Waals surface area (Å²) in [6, 6.07) is 9.03. The first-order valence-corrected chi connectivity index (χ1v) is 8.54. The molecule has 1 heterocycles. The molecule has 5 atom stereocenters. The number of halogens is 1. The number of benzene rings is 1. The average molecular weight is 363 g/mol. The number of hydrogen-bond acceptors (Lipinski definition) is 5. The molecule has 0 amide bonds. The summed E-state index contributed by atoms with van der Waals surface area (Å²) in [6.45, 7) is 2.41. The van der Waals surface area contributed by atoms with Crippen molar-refractivity contribution in [3.8, 4) is 0 Å². The number of rotatable bonds is 5. The summed E-state index contributed by atoms with van der Waals surface area (Å²) < 4.78 is 14.5. The van der Waals surface area contributed by atoms with E-state index in [4.69, 9.17) is 0 Å². The zero-order valence-corrected chi connectivity index (χ0v) is 14.3. The van der Waals surface area contributed by atoms with Gasteiger partial charge in [-0.05, 0) is 18.9 Å². The fourth-order valence-corrected chi connectivity index (χ4v) is 3.47. The Bertz CT molecular complexity index is 867. The summed E-state index contributed by atoms with van der Waals surface area (Å²) >= 11 is 0. The second kappa shape index (κ2) is 7.53. The molecule has 1 fully saturated rings. The normalized spacial score (nSPS) is 26.8. The highest BCUT2D eigenvalue weighted by molar-refractivity contribution is 5.18. The molecule has 1 aromatic carbocycles. The van der Waals surface area contributed by atoms with Gasteiger partial charge in [-0.1, -0.05) is 30.3 Å². The van der Waals surface area contributed by atoms with Crippen LogP contribution in [-0.4, -0.2) is 38.5 Å². The number of aromatic amines is 1. The van der Waals surface area contributed by atoms with E-state index in [2.05, 4.69) is 5.32 Å². The van der Waals surface area contributed by atoms with Crippen LogP contribution >= 0.6 is 0 Å². The quantitative estimate of drug-likeness (QED) is 0.612. The molecule has 8 heteroatoms. The van der Waals surface area contributed by atoms with Crippen LogP contribution in [0.5, 0.6) is 0 Å². The van der Waals surface area contributed by atoms with Crippen molar-refractivity contribution in [3.05, 3.63) is 68.7 Å². The maximum Gasteiger partial charge on any atom is 0.328 e. The highest BCUT2D eigenvalue weighted by Gasteiger charge is 2.42. The SMILES string of the molecule is C[C@H](NC[C@H]1C[C@@H](n2cc(F)c(=O)[nH]c2=O)[C@H](O)[C@@H]1O)c1ccccc1. The van der Waals surface area contributed by atoms with Gasteiger partial charge in [0.15, 0.2) is 0 Å². The van der Waals surface area contributed by atoms with Crippen LogP contribution in [-0.2, 0) is 0 Å². The first kappa shape index (κ1) is 18.5. The van der Waals surface area contributed by atoms with E-state index in [-0.39, 0.29) is 18.4 Å². The fourth-order valence-electron chi connectivity index (χ4n) is 3.47. The fraction of sp³-hybridized carbons (Fsp3) is 0.444. The second-order valence-electron chi connectivity index (χ2n) is 6.73. The Kier molecular flexibility index (Phi) is 5.36. The van der Waals surface area contributed by atoms with E-state index in [9.17, 15) is 24.2 Å². The van der Waals surface area contributed by atoms with Gasteiger partial charge in [0.2, 0.25) is 5.82 Å². The zero-order chi connectivity index (χ0) is 18.8. The van der Waals surface area contributed by atoms with Crippen molar-refractivity contribution in [2.45, 2.75) is 37.6 Å². The smallest absolute Gasteiger partial charge is 0.328 e. The van der Waals surface area contributed by atoms with Gasteiger partial charge in [-0.25, -0.2) is 4.79 Å². The number of aliphatic hydroxyl groups is 2. The molecule has 4 N–H and O–H groups in total. The van der Waals surface area contributed by atoms with Crippen LogP contribution < -0.4 is 16.6 Å². The third kappa shape index (κ3) is 3.62. The summed E-state index contributed by atoms with van der Waals surface area (Å²) in [4.78, 5) is 25.0. The number of H-pyrrole nitrogens is 1. The van der Waals surface area contributed by atoms with Gasteiger partial charge < -0.3 is 15.5 Å². The lowest BCUT2D eigenvalue weighted by Gasteiger charge is -2.20. The van der Waals surface area contributed by atoms with Gasteiger partial charge in [-0.2, -0.15) is 4.39 Å². The molecule has 0 bridgehead atoms. The molecule has 1 aliphatic carbocycles. The molecule has 1 aliphatic rings. The highest BCUT2D eigenvalue weighted by Crippen LogP contribution is 2.34. The molecule has 1 aromatic heterocycles. The average Bonchev–Trinajstić information content (AvgIpc) is 2.91. The van der Waals surface area contributed by atoms with Crippen molar-refractivity contribution in [1.82, 2.24) is 14.9 Å². The number of nitrogens with zero attached hydrogens (tertiary/aromatic N) is 1. The topological polar surface area (TPSA) is 107 Å². The van der Waals surface area contributed by atoms with E-state index in [0.29, 0.717) is 6.54 Å². The molecule has 3 rings (SSSR count). The lowest BCUT2D eigenvalue weighted by Crippen LogP contribution is -2.38. The van der Waals surface area contributed by atoms with E-state index in [1.54, 1.807) is 0 Å². The van der Waals surface area contributed by atoms with Gasteiger partial charge >= 0.3 is 5.69 Å². The first-order valence-electron chi connectivity index (χ1n) is 8.54. The van der Waals surface area contributed by atoms with Crippen molar-refractivity contribution in [2.75, 3.05) is 6.54 Å². The molecular formula is C18H22FN3O4. The lowest BCUT2D eigenvalue weighted by atomic mass is 10.0. The molecule has 26 heavy (non-hydrogen) atoms. The van der Waals surface area contributed by atoms with E-state index in [0.717, 1.165) is 16.3 Å². The first-order chi connectivity index (χ1) is 12.4.